The first-order valence-corrected chi connectivity index (χ1v) is 14.5. The zero-order valence-electron chi connectivity index (χ0n) is 23.4. The van der Waals surface area contributed by atoms with Crippen molar-refractivity contribution in [2.75, 3.05) is 0 Å². The zero-order chi connectivity index (χ0) is 29.0. The van der Waals surface area contributed by atoms with Gasteiger partial charge in [0.05, 0.1) is 16.8 Å². The van der Waals surface area contributed by atoms with Crippen molar-refractivity contribution < 1.29 is 8.83 Å². The van der Waals surface area contributed by atoms with Gasteiger partial charge in [0.15, 0.2) is 11.4 Å². The van der Waals surface area contributed by atoms with Gasteiger partial charge in [-0.25, -0.2) is 15.0 Å². The molecule has 0 aliphatic heterocycles. The minimum atomic E-state index is 0.593. The van der Waals surface area contributed by atoms with Crippen LogP contribution < -0.4 is 0 Å². The third-order valence-electron chi connectivity index (χ3n) is 8.13. The summed E-state index contributed by atoms with van der Waals surface area (Å²) in [5.41, 5.74) is 9.36. The molecule has 44 heavy (non-hydrogen) atoms. The standard InChI is InChI=1S/C39H23N3O2/c1-3-11-24(12-4-1)30-23-31(25-13-5-2-6-14-25)41-38(40-30)27-21-19-26(20-22-27)36-37-34(28-15-7-9-17-32(28)43-37)35-29-16-8-10-18-33(29)44-39(35)42-36/h1-23H. The molecular weight excluding hydrogens is 542 g/mol. The fourth-order valence-corrected chi connectivity index (χ4v) is 6.03. The van der Waals surface area contributed by atoms with Crippen LogP contribution in [-0.2, 0) is 0 Å². The maximum atomic E-state index is 6.48. The molecule has 0 aliphatic rings. The van der Waals surface area contributed by atoms with Crippen molar-refractivity contribution in [3.8, 4) is 45.2 Å². The van der Waals surface area contributed by atoms with Crippen LogP contribution in [0.2, 0.25) is 0 Å². The molecule has 4 heterocycles. The predicted molar refractivity (Wildman–Crippen MR) is 176 cm³/mol. The van der Waals surface area contributed by atoms with E-state index in [2.05, 4.69) is 48.5 Å². The van der Waals surface area contributed by atoms with Gasteiger partial charge in [0.25, 0.3) is 0 Å². The number of benzene rings is 5. The molecular formula is C39H23N3O2. The van der Waals surface area contributed by atoms with E-state index in [0.29, 0.717) is 11.5 Å². The van der Waals surface area contributed by atoms with Gasteiger partial charge in [-0.2, -0.15) is 0 Å². The van der Waals surface area contributed by atoms with E-state index in [1.807, 2.05) is 91.0 Å². The number of nitrogens with zero attached hydrogens (tertiary/aromatic N) is 3. The summed E-state index contributed by atoms with van der Waals surface area (Å²) in [6.07, 6.45) is 0. The van der Waals surface area contributed by atoms with E-state index in [-0.39, 0.29) is 0 Å². The van der Waals surface area contributed by atoms with Crippen molar-refractivity contribution in [3.05, 3.63) is 140 Å². The first kappa shape index (κ1) is 24.5. The summed E-state index contributed by atoms with van der Waals surface area (Å²) in [4.78, 5) is 15.0. The largest absolute Gasteiger partial charge is 0.454 e. The molecule has 4 aromatic heterocycles. The van der Waals surface area contributed by atoms with Crippen LogP contribution in [0.15, 0.2) is 148 Å². The molecule has 9 rings (SSSR count). The molecule has 0 saturated carbocycles. The Morgan fingerprint density at radius 3 is 1.57 bits per heavy atom. The number of hydrogen-bond donors (Lipinski definition) is 0. The minimum Gasteiger partial charge on any atom is -0.454 e. The van der Waals surface area contributed by atoms with Crippen molar-refractivity contribution in [2.24, 2.45) is 0 Å². The highest BCUT2D eigenvalue weighted by atomic mass is 16.3. The molecule has 5 nitrogen and oxygen atoms in total. The van der Waals surface area contributed by atoms with Crippen LogP contribution in [0, 0.1) is 0 Å². The van der Waals surface area contributed by atoms with Crippen LogP contribution in [-0.4, -0.2) is 15.0 Å². The average Bonchev–Trinajstić information content (AvgIpc) is 3.67. The summed E-state index contributed by atoms with van der Waals surface area (Å²) in [6.45, 7) is 0. The Balaban J connectivity index is 1.22. The molecule has 0 spiro atoms. The number of aromatic nitrogens is 3. The van der Waals surface area contributed by atoms with Crippen molar-refractivity contribution >= 4 is 44.0 Å². The highest BCUT2D eigenvalue weighted by molar-refractivity contribution is 6.26. The Morgan fingerprint density at radius 2 is 0.932 bits per heavy atom. The van der Waals surface area contributed by atoms with Crippen LogP contribution in [0.1, 0.15) is 0 Å². The second-order valence-electron chi connectivity index (χ2n) is 10.8. The molecule has 0 bridgehead atoms. The van der Waals surface area contributed by atoms with Gasteiger partial charge >= 0.3 is 0 Å². The Morgan fingerprint density at radius 1 is 0.409 bits per heavy atom. The number of rotatable bonds is 4. The second-order valence-corrected chi connectivity index (χ2v) is 10.8. The predicted octanol–water partition coefficient (Wildman–Crippen LogP) is 10.3. The molecule has 206 valence electrons. The van der Waals surface area contributed by atoms with Crippen LogP contribution in [0.4, 0.5) is 0 Å². The van der Waals surface area contributed by atoms with Crippen LogP contribution in [0.25, 0.3) is 89.2 Å². The van der Waals surface area contributed by atoms with E-state index in [1.54, 1.807) is 0 Å². The lowest BCUT2D eigenvalue weighted by Gasteiger charge is -2.10. The lowest BCUT2D eigenvalue weighted by atomic mass is 10.0. The lowest BCUT2D eigenvalue weighted by molar-refractivity contribution is 0.650. The van der Waals surface area contributed by atoms with Gasteiger partial charge in [-0.15, -0.1) is 0 Å². The molecule has 5 heteroatoms. The Labute approximate surface area is 252 Å². The maximum Gasteiger partial charge on any atom is 0.228 e. The second kappa shape index (κ2) is 9.75. The molecule has 0 aliphatic carbocycles. The summed E-state index contributed by atoms with van der Waals surface area (Å²) in [7, 11) is 0. The topological polar surface area (TPSA) is 65.0 Å². The quantitative estimate of drug-likeness (QED) is 0.212. The molecule has 5 aromatic carbocycles. The summed E-state index contributed by atoms with van der Waals surface area (Å²) < 4.78 is 12.8. The summed E-state index contributed by atoms with van der Waals surface area (Å²) in [6, 6.07) is 46.8. The molecule has 0 N–H and O–H groups in total. The summed E-state index contributed by atoms with van der Waals surface area (Å²) in [5.74, 6) is 0.659. The smallest absolute Gasteiger partial charge is 0.228 e. The molecule has 0 amide bonds. The highest BCUT2D eigenvalue weighted by Crippen LogP contribution is 2.43. The number of furan rings is 2. The van der Waals surface area contributed by atoms with E-state index in [4.69, 9.17) is 23.8 Å². The van der Waals surface area contributed by atoms with Crippen molar-refractivity contribution in [3.63, 3.8) is 0 Å². The molecule has 0 fully saturated rings. The molecule has 0 atom stereocenters. The zero-order valence-corrected chi connectivity index (χ0v) is 23.4. The molecule has 0 saturated heterocycles. The summed E-state index contributed by atoms with van der Waals surface area (Å²) >= 11 is 0. The minimum absolute atomic E-state index is 0.593. The normalized spacial score (nSPS) is 11.6. The van der Waals surface area contributed by atoms with E-state index < -0.39 is 0 Å². The molecule has 9 aromatic rings. The molecule has 0 radical (unpaired) electrons. The van der Waals surface area contributed by atoms with Crippen molar-refractivity contribution in [1.29, 1.82) is 0 Å². The van der Waals surface area contributed by atoms with Crippen molar-refractivity contribution in [1.82, 2.24) is 15.0 Å². The summed E-state index contributed by atoms with van der Waals surface area (Å²) in [5, 5.41) is 4.05. The maximum absolute atomic E-state index is 6.48. The van der Waals surface area contributed by atoms with Gasteiger partial charge in [0.2, 0.25) is 5.71 Å². The fourth-order valence-electron chi connectivity index (χ4n) is 6.03. The lowest BCUT2D eigenvalue weighted by Crippen LogP contribution is -1.96. The number of hydrogen-bond acceptors (Lipinski definition) is 5. The van der Waals surface area contributed by atoms with Crippen LogP contribution >= 0.6 is 0 Å². The van der Waals surface area contributed by atoms with Gasteiger partial charge in [0, 0.05) is 38.4 Å². The first-order chi connectivity index (χ1) is 21.8. The number of fused-ring (bicyclic) bond motifs is 7. The monoisotopic (exact) mass is 565 g/mol. The van der Waals surface area contributed by atoms with Gasteiger partial charge in [-0.3, -0.25) is 0 Å². The van der Waals surface area contributed by atoms with E-state index >= 15 is 0 Å². The van der Waals surface area contributed by atoms with Crippen molar-refractivity contribution in [2.45, 2.75) is 0 Å². The van der Waals surface area contributed by atoms with Gasteiger partial charge in [-0.05, 0) is 18.2 Å². The SMILES string of the molecule is c1ccc(-c2cc(-c3ccccc3)nc(-c3ccc(-c4nc5oc6ccccc6c5c5c4oc4ccccc45)cc3)n2)cc1. The number of pyridine rings is 1. The van der Waals surface area contributed by atoms with Gasteiger partial charge in [0.1, 0.15) is 16.9 Å². The average molecular weight is 566 g/mol. The third-order valence-corrected chi connectivity index (χ3v) is 8.13. The Bertz CT molecular complexity index is 2420. The Kier molecular flexibility index (Phi) is 5.43. The van der Waals surface area contributed by atoms with Crippen LogP contribution in [0.3, 0.4) is 0 Å². The highest BCUT2D eigenvalue weighted by Gasteiger charge is 2.22. The number of para-hydroxylation sites is 2. The molecule has 0 unspecified atom stereocenters. The Hall–Kier alpha value is -6.07. The third kappa shape index (κ3) is 3.91. The van der Waals surface area contributed by atoms with Gasteiger partial charge < -0.3 is 8.83 Å². The van der Waals surface area contributed by atoms with Gasteiger partial charge in [-0.1, -0.05) is 121 Å². The van der Waals surface area contributed by atoms with E-state index in [1.165, 1.54) is 0 Å². The van der Waals surface area contributed by atoms with E-state index in [9.17, 15) is 0 Å². The van der Waals surface area contributed by atoms with E-state index in [0.717, 1.165) is 77.6 Å². The fraction of sp³-hybridized carbons (Fsp3) is 0. The van der Waals surface area contributed by atoms with Crippen LogP contribution in [0.5, 0.6) is 0 Å². The first-order valence-electron chi connectivity index (χ1n) is 14.5.